The van der Waals surface area contributed by atoms with Gasteiger partial charge in [0.15, 0.2) is 0 Å². The number of hydrogen-bond acceptors (Lipinski definition) is 3. The van der Waals surface area contributed by atoms with Crippen molar-refractivity contribution in [2.45, 2.75) is 19.4 Å². The Bertz CT molecular complexity index is 653. The van der Waals surface area contributed by atoms with Crippen molar-refractivity contribution in [2.24, 2.45) is 5.92 Å². The van der Waals surface area contributed by atoms with Gasteiger partial charge in [-0.05, 0) is 23.5 Å². The van der Waals surface area contributed by atoms with E-state index in [1.165, 1.54) is 14.2 Å². The summed E-state index contributed by atoms with van der Waals surface area (Å²) < 4.78 is 27.9. The minimum atomic E-state index is -3.46. The molecule has 0 saturated carbocycles. The zero-order chi connectivity index (χ0) is 15.0. The lowest BCUT2D eigenvalue weighted by atomic mass is 10.00. The van der Waals surface area contributed by atoms with Crippen molar-refractivity contribution in [3.63, 3.8) is 0 Å². The molecular weight excluding hydrogens is 292 g/mol. The van der Waals surface area contributed by atoms with Crippen LogP contribution in [0.1, 0.15) is 17.5 Å². The second-order valence-electron chi connectivity index (χ2n) is 5.64. The van der Waals surface area contributed by atoms with Crippen LogP contribution in [0.3, 0.4) is 0 Å². The summed E-state index contributed by atoms with van der Waals surface area (Å²) in [7, 11) is -3.46. The first kappa shape index (κ1) is 14.5. The lowest BCUT2D eigenvalue weighted by molar-refractivity contribution is -0.139. The highest BCUT2D eigenvalue weighted by atomic mass is 32.2. The van der Waals surface area contributed by atoms with Gasteiger partial charge in [-0.2, -0.15) is 17.0 Å². The van der Waals surface area contributed by atoms with E-state index in [0.29, 0.717) is 26.2 Å². The van der Waals surface area contributed by atoms with Crippen LogP contribution in [0.15, 0.2) is 24.3 Å². The summed E-state index contributed by atoms with van der Waals surface area (Å²) in [5.74, 6) is -0.932. The predicted octanol–water partition coefficient (Wildman–Crippen LogP) is 0.696. The van der Waals surface area contributed by atoms with Gasteiger partial charge in [-0.15, -0.1) is 0 Å². The SMILES string of the molecule is O=C(O)CC1CN(S(=O)(=O)N2CCc3ccccc3C2)C1. The molecule has 2 aliphatic heterocycles. The molecule has 1 N–H and O–H groups in total. The molecule has 0 unspecified atom stereocenters. The first-order valence-electron chi connectivity index (χ1n) is 7.00. The minimum absolute atomic E-state index is 0.0366. The third-order valence-corrected chi connectivity index (χ3v) is 6.05. The molecule has 0 aliphatic carbocycles. The molecule has 114 valence electrons. The number of carboxylic acids is 1. The molecular formula is C14H18N2O4S. The topological polar surface area (TPSA) is 77.9 Å². The van der Waals surface area contributed by atoms with E-state index in [1.807, 2.05) is 24.3 Å². The number of fused-ring (bicyclic) bond motifs is 1. The molecule has 7 heteroatoms. The maximum absolute atomic E-state index is 12.5. The van der Waals surface area contributed by atoms with Gasteiger partial charge in [-0.25, -0.2) is 0 Å². The molecule has 0 bridgehead atoms. The second-order valence-corrected chi connectivity index (χ2v) is 7.57. The Kier molecular flexibility index (Phi) is 3.73. The summed E-state index contributed by atoms with van der Waals surface area (Å²) in [4.78, 5) is 10.6. The molecule has 1 aromatic carbocycles. The Morgan fingerprint density at radius 1 is 1.19 bits per heavy atom. The van der Waals surface area contributed by atoms with Gasteiger partial charge < -0.3 is 5.11 Å². The fraction of sp³-hybridized carbons (Fsp3) is 0.500. The van der Waals surface area contributed by atoms with Gasteiger partial charge >= 0.3 is 5.97 Å². The molecule has 1 aromatic rings. The Morgan fingerprint density at radius 3 is 2.52 bits per heavy atom. The van der Waals surface area contributed by atoms with E-state index in [1.54, 1.807) is 0 Å². The van der Waals surface area contributed by atoms with Crippen LogP contribution in [0.25, 0.3) is 0 Å². The van der Waals surface area contributed by atoms with Gasteiger partial charge in [0.2, 0.25) is 0 Å². The van der Waals surface area contributed by atoms with Crippen LogP contribution in [-0.2, 0) is 28.0 Å². The van der Waals surface area contributed by atoms with Crippen molar-refractivity contribution in [1.29, 1.82) is 0 Å². The maximum atomic E-state index is 12.5. The molecule has 0 amide bonds. The summed E-state index contributed by atoms with van der Waals surface area (Å²) in [5.41, 5.74) is 2.26. The summed E-state index contributed by atoms with van der Waals surface area (Å²) >= 11 is 0. The Hall–Kier alpha value is -1.44. The van der Waals surface area contributed by atoms with Crippen LogP contribution < -0.4 is 0 Å². The zero-order valence-electron chi connectivity index (χ0n) is 11.6. The van der Waals surface area contributed by atoms with Gasteiger partial charge in [-0.1, -0.05) is 24.3 Å². The predicted molar refractivity (Wildman–Crippen MR) is 76.8 cm³/mol. The number of carboxylic acid groups (broad SMARTS) is 1. The summed E-state index contributed by atoms with van der Waals surface area (Å²) in [6.45, 7) is 1.51. The molecule has 2 aliphatic rings. The molecule has 0 atom stereocenters. The van der Waals surface area contributed by atoms with Crippen molar-refractivity contribution in [3.8, 4) is 0 Å². The number of rotatable bonds is 4. The first-order valence-corrected chi connectivity index (χ1v) is 8.40. The molecule has 0 aromatic heterocycles. The van der Waals surface area contributed by atoms with Gasteiger partial charge in [0, 0.05) is 26.2 Å². The highest BCUT2D eigenvalue weighted by Crippen LogP contribution is 2.28. The van der Waals surface area contributed by atoms with E-state index < -0.39 is 16.2 Å². The minimum Gasteiger partial charge on any atom is -0.481 e. The highest BCUT2D eigenvalue weighted by Gasteiger charge is 2.40. The molecule has 0 spiro atoms. The molecule has 6 nitrogen and oxygen atoms in total. The van der Waals surface area contributed by atoms with Crippen LogP contribution in [0, 0.1) is 5.92 Å². The third-order valence-electron chi connectivity index (χ3n) is 4.14. The van der Waals surface area contributed by atoms with Crippen LogP contribution in [-0.4, -0.2) is 47.7 Å². The highest BCUT2D eigenvalue weighted by molar-refractivity contribution is 7.86. The number of hydrogen-bond donors (Lipinski definition) is 1. The van der Waals surface area contributed by atoms with E-state index in [4.69, 9.17) is 5.11 Å². The van der Waals surface area contributed by atoms with Crippen LogP contribution in [0.2, 0.25) is 0 Å². The Balaban J connectivity index is 1.66. The average molecular weight is 310 g/mol. The maximum Gasteiger partial charge on any atom is 0.303 e. The molecule has 3 rings (SSSR count). The quantitative estimate of drug-likeness (QED) is 0.888. The lowest BCUT2D eigenvalue weighted by Gasteiger charge is -2.41. The molecule has 0 radical (unpaired) electrons. The van der Waals surface area contributed by atoms with Crippen LogP contribution >= 0.6 is 0 Å². The van der Waals surface area contributed by atoms with E-state index in [0.717, 1.165) is 12.0 Å². The summed E-state index contributed by atoms with van der Waals surface area (Å²) in [6.07, 6.45) is 0.761. The van der Waals surface area contributed by atoms with Crippen molar-refractivity contribution >= 4 is 16.2 Å². The van der Waals surface area contributed by atoms with Crippen molar-refractivity contribution in [3.05, 3.63) is 35.4 Å². The zero-order valence-corrected chi connectivity index (χ0v) is 12.4. The largest absolute Gasteiger partial charge is 0.481 e. The normalized spacial score (nSPS) is 20.8. The number of carbonyl (C=O) groups is 1. The van der Waals surface area contributed by atoms with Gasteiger partial charge in [0.05, 0.1) is 6.42 Å². The molecule has 21 heavy (non-hydrogen) atoms. The summed E-state index contributed by atoms with van der Waals surface area (Å²) in [6, 6.07) is 7.88. The monoisotopic (exact) mass is 310 g/mol. The lowest BCUT2D eigenvalue weighted by Crippen LogP contribution is -2.56. The standard InChI is InChI=1S/C14H18N2O4S/c17-14(18)7-11-8-16(9-11)21(19,20)15-6-5-12-3-1-2-4-13(12)10-15/h1-4,11H,5-10H2,(H,17,18). The van der Waals surface area contributed by atoms with Crippen molar-refractivity contribution in [1.82, 2.24) is 8.61 Å². The second kappa shape index (κ2) is 5.40. The fourth-order valence-corrected chi connectivity index (χ4v) is 4.67. The Morgan fingerprint density at radius 2 is 1.86 bits per heavy atom. The average Bonchev–Trinajstić information content (AvgIpc) is 2.41. The van der Waals surface area contributed by atoms with Crippen LogP contribution in [0.4, 0.5) is 0 Å². The van der Waals surface area contributed by atoms with Gasteiger partial charge in [-0.3, -0.25) is 4.79 Å². The van der Waals surface area contributed by atoms with E-state index in [-0.39, 0.29) is 12.3 Å². The van der Waals surface area contributed by atoms with E-state index >= 15 is 0 Å². The first-order chi connectivity index (χ1) is 9.96. The number of aliphatic carboxylic acids is 1. The molecule has 1 fully saturated rings. The molecule has 2 heterocycles. The number of benzene rings is 1. The molecule has 1 saturated heterocycles. The van der Waals surface area contributed by atoms with Gasteiger partial charge in [0.1, 0.15) is 0 Å². The van der Waals surface area contributed by atoms with Gasteiger partial charge in [0.25, 0.3) is 10.2 Å². The van der Waals surface area contributed by atoms with E-state index in [9.17, 15) is 13.2 Å². The van der Waals surface area contributed by atoms with Crippen LogP contribution in [0.5, 0.6) is 0 Å². The number of nitrogens with zero attached hydrogens (tertiary/aromatic N) is 2. The summed E-state index contributed by atoms with van der Waals surface area (Å²) in [5, 5.41) is 8.72. The smallest absolute Gasteiger partial charge is 0.303 e. The third kappa shape index (κ3) is 2.81. The Labute approximate surface area is 124 Å². The fourth-order valence-electron chi connectivity index (χ4n) is 2.92. The van der Waals surface area contributed by atoms with E-state index in [2.05, 4.69) is 0 Å². The van der Waals surface area contributed by atoms with Crippen molar-refractivity contribution in [2.75, 3.05) is 19.6 Å². The van der Waals surface area contributed by atoms with Crippen molar-refractivity contribution < 1.29 is 18.3 Å².